The number of piperazine rings is 1. The van der Waals surface area contributed by atoms with Gasteiger partial charge in [-0.3, -0.25) is 19.5 Å². The number of hydrogen-bond donors (Lipinski definition) is 1. The molecule has 0 radical (unpaired) electrons. The normalized spacial score (nSPS) is 16.6. The number of nitrogens with two attached hydrogens (primary N) is 1. The molecule has 1 atom stereocenters. The number of aromatic nitrogens is 1. The number of fused-ring (bicyclic) bond motifs is 1. The van der Waals surface area contributed by atoms with Gasteiger partial charge in [0.2, 0.25) is 5.91 Å². The number of pyridine rings is 1. The second-order valence-corrected chi connectivity index (χ2v) is 8.54. The summed E-state index contributed by atoms with van der Waals surface area (Å²) in [4.78, 5) is 34.3. The molecule has 3 aromatic carbocycles. The highest BCUT2D eigenvalue weighted by atomic mass is 16.2. The molecular weight excluding hydrogens is 424 g/mol. The lowest BCUT2D eigenvalue weighted by molar-refractivity contribution is -0.126. The van der Waals surface area contributed by atoms with Crippen LogP contribution in [0.4, 0.5) is 0 Å². The summed E-state index contributed by atoms with van der Waals surface area (Å²) in [6, 6.07) is 27.1. The van der Waals surface area contributed by atoms with E-state index in [4.69, 9.17) is 5.73 Å². The number of rotatable bonds is 5. The molecule has 0 bridgehead atoms. The summed E-state index contributed by atoms with van der Waals surface area (Å²) in [6.07, 6.45) is 3.35. The van der Waals surface area contributed by atoms with Crippen molar-refractivity contribution in [1.82, 2.24) is 14.8 Å². The second-order valence-electron chi connectivity index (χ2n) is 8.54. The van der Waals surface area contributed by atoms with E-state index >= 15 is 0 Å². The monoisotopic (exact) mass is 450 g/mol. The van der Waals surface area contributed by atoms with Gasteiger partial charge in [-0.1, -0.05) is 84.9 Å². The molecule has 1 unspecified atom stereocenters. The van der Waals surface area contributed by atoms with Gasteiger partial charge in [-0.2, -0.15) is 0 Å². The van der Waals surface area contributed by atoms with E-state index in [0.717, 1.165) is 21.9 Å². The summed E-state index contributed by atoms with van der Waals surface area (Å²) < 4.78 is 0. The van der Waals surface area contributed by atoms with Crippen molar-refractivity contribution in [2.45, 2.75) is 12.1 Å². The van der Waals surface area contributed by atoms with Crippen LogP contribution in [0.5, 0.6) is 0 Å². The van der Waals surface area contributed by atoms with Crippen LogP contribution in [-0.2, 0) is 4.79 Å². The summed E-state index contributed by atoms with van der Waals surface area (Å²) >= 11 is 0. The van der Waals surface area contributed by atoms with Gasteiger partial charge in [-0.25, -0.2) is 0 Å². The molecule has 2 heterocycles. The van der Waals surface area contributed by atoms with Crippen molar-refractivity contribution < 1.29 is 9.59 Å². The summed E-state index contributed by atoms with van der Waals surface area (Å²) in [6.45, 7) is 1.24. The van der Waals surface area contributed by atoms with Crippen LogP contribution in [0.2, 0.25) is 0 Å². The number of carbonyl (C=O) groups is 2. The molecule has 0 spiro atoms. The summed E-state index contributed by atoms with van der Waals surface area (Å²) in [5, 5.41) is 1.76. The maximum Gasteiger partial charge on any atom is 0.256 e. The first-order chi connectivity index (χ1) is 16.6. The van der Waals surface area contributed by atoms with Crippen LogP contribution in [0, 0.1) is 0 Å². The summed E-state index contributed by atoms with van der Waals surface area (Å²) in [5.74, 6) is -0.573. The molecule has 34 heavy (non-hydrogen) atoms. The Hall–Kier alpha value is -4.03. The smallest absolute Gasteiger partial charge is 0.256 e. The lowest BCUT2D eigenvalue weighted by Crippen LogP contribution is -2.60. The van der Waals surface area contributed by atoms with Crippen molar-refractivity contribution in [3.63, 3.8) is 0 Å². The third kappa shape index (κ3) is 4.16. The molecule has 4 aromatic rings. The van der Waals surface area contributed by atoms with Crippen LogP contribution >= 0.6 is 0 Å². The zero-order chi connectivity index (χ0) is 23.5. The van der Waals surface area contributed by atoms with E-state index in [-0.39, 0.29) is 18.5 Å². The highest BCUT2D eigenvalue weighted by molar-refractivity contribution is 6.06. The minimum Gasteiger partial charge on any atom is -0.368 e. The minimum atomic E-state index is -0.619. The molecule has 5 rings (SSSR count). The highest BCUT2D eigenvalue weighted by Gasteiger charge is 2.38. The number of primary amides is 1. The third-order valence-electron chi connectivity index (χ3n) is 6.50. The second kappa shape index (κ2) is 9.45. The van der Waals surface area contributed by atoms with Gasteiger partial charge in [-0.05, 0) is 16.5 Å². The van der Waals surface area contributed by atoms with Gasteiger partial charge in [0, 0.05) is 37.4 Å². The first-order valence-corrected chi connectivity index (χ1v) is 11.4. The fourth-order valence-corrected chi connectivity index (χ4v) is 4.85. The van der Waals surface area contributed by atoms with Gasteiger partial charge in [0.15, 0.2) is 0 Å². The summed E-state index contributed by atoms with van der Waals surface area (Å²) in [7, 11) is 0. The number of hydrogen-bond acceptors (Lipinski definition) is 4. The Morgan fingerprint density at radius 3 is 2.09 bits per heavy atom. The third-order valence-corrected chi connectivity index (χ3v) is 6.50. The van der Waals surface area contributed by atoms with Crippen LogP contribution in [0.3, 0.4) is 0 Å². The maximum atomic E-state index is 13.5. The van der Waals surface area contributed by atoms with E-state index in [9.17, 15) is 9.59 Å². The minimum absolute atomic E-state index is 0.133. The first-order valence-electron chi connectivity index (χ1n) is 11.4. The van der Waals surface area contributed by atoms with Crippen LogP contribution in [-0.4, -0.2) is 52.3 Å². The Bertz CT molecular complexity index is 1270. The molecular formula is C28H26N4O2. The van der Waals surface area contributed by atoms with Crippen LogP contribution in [0.15, 0.2) is 97.3 Å². The standard InChI is InChI=1S/C28H26N4O2/c29-27(33)25-19-31(28(34)24-18-30-17-22-13-7-8-14-23(22)24)15-16-32(25)26(20-9-3-1-4-10-20)21-11-5-2-6-12-21/h1-14,17-18,25-26H,15-16,19H2,(H2,29,33). The molecule has 6 heteroatoms. The summed E-state index contributed by atoms with van der Waals surface area (Å²) in [5.41, 5.74) is 8.61. The van der Waals surface area contributed by atoms with Gasteiger partial charge in [0.05, 0.1) is 11.6 Å². The van der Waals surface area contributed by atoms with Gasteiger partial charge < -0.3 is 10.6 Å². The SMILES string of the molecule is NC(=O)C1CN(C(=O)c2cncc3ccccc23)CCN1C(c1ccccc1)c1ccccc1. The Labute approximate surface area is 198 Å². The maximum absolute atomic E-state index is 13.5. The highest BCUT2D eigenvalue weighted by Crippen LogP contribution is 2.32. The molecule has 1 aromatic heterocycles. The lowest BCUT2D eigenvalue weighted by atomic mass is 9.94. The molecule has 6 nitrogen and oxygen atoms in total. The molecule has 0 aliphatic carbocycles. The Balaban J connectivity index is 1.47. The fraction of sp³-hybridized carbons (Fsp3) is 0.179. The zero-order valence-corrected chi connectivity index (χ0v) is 18.7. The molecule has 2 amide bonds. The molecule has 1 fully saturated rings. The number of carbonyl (C=O) groups excluding carboxylic acids is 2. The Kier molecular flexibility index (Phi) is 6.06. The number of nitrogens with zero attached hydrogens (tertiary/aromatic N) is 3. The van der Waals surface area contributed by atoms with Crippen molar-refractivity contribution in [1.29, 1.82) is 0 Å². The largest absolute Gasteiger partial charge is 0.368 e. The topological polar surface area (TPSA) is 79.5 Å². The average Bonchev–Trinajstić information content (AvgIpc) is 2.89. The number of benzene rings is 3. The Morgan fingerprint density at radius 1 is 0.824 bits per heavy atom. The van der Waals surface area contributed by atoms with Crippen molar-refractivity contribution in [3.8, 4) is 0 Å². The molecule has 2 N–H and O–H groups in total. The number of amides is 2. The van der Waals surface area contributed by atoms with E-state index in [1.54, 1.807) is 17.3 Å². The average molecular weight is 451 g/mol. The predicted molar refractivity (Wildman–Crippen MR) is 132 cm³/mol. The molecule has 1 aliphatic heterocycles. The van der Waals surface area contributed by atoms with Crippen molar-refractivity contribution in [2.24, 2.45) is 5.73 Å². The van der Waals surface area contributed by atoms with E-state index in [0.29, 0.717) is 18.7 Å². The van der Waals surface area contributed by atoms with E-state index < -0.39 is 11.9 Å². The van der Waals surface area contributed by atoms with Gasteiger partial charge in [0.1, 0.15) is 6.04 Å². The van der Waals surface area contributed by atoms with Crippen molar-refractivity contribution in [2.75, 3.05) is 19.6 Å². The Morgan fingerprint density at radius 2 is 1.44 bits per heavy atom. The molecule has 1 aliphatic rings. The molecule has 1 saturated heterocycles. The van der Waals surface area contributed by atoms with Crippen LogP contribution in [0.1, 0.15) is 27.5 Å². The van der Waals surface area contributed by atoms with Crippen molar-refractivity contribution >= 4 is 22.6 Å². The van der Waals surface area contributed by atoms with Crippen molar-refractivity contribution in [3.05, 3.63) is 114 Å². The van der Waals surface area contributed by atoms with E-state index in [1.165, 1.54) is 0 Å². The molecule has 170 valence electrons. The van der Waals surface area contributed by atoms with Gasteiger partial charge in [0.25, 0.3) is 5.91 Å². The van der Waals surface area contributed by atoms with Gasteiger partial charge >= 0.3 is 0 Å². The van der Waals surface area contributed by atoms with E-state index in [1.807, 2.05) is 60.7 Å². The molecule has 0 saturated carbocycles. The first kappa shape index (κ1) is 21.8. The zero-order valence-electron chi connectivity index (χ0n) is 18.7. The predicted octanol–water partition coefficient (Wildman–Crippen LogP) is 3.64. The van der Waals surface area contributed by atoms with Crippen LogP contribution < -0.4 is 5.73 Å². The van der Waals surface area contributed by atoms with Crippen LogP contribution in [0.25, 0.3) is 10.8 Å². The lowest BCUT2D eigenvalue weighted by Gasteiger charge is -2.44. The fourth-order valence-electron chi connectivity index (χ4n) is 4.85. The van der Waals surface area contributed by atoms with Gasteiger partial charge in [-0.15, -0.1) is 0 Å². The van der Waals surface area contributed by atoms with E-state index in [2.05, 4.69) is 34.1 Å². The quantitative estimate of drug-likeness (QED) is 0.504.